The molecule has 0 rings (SSSR count). The molecule has 0 aliphatic rings. The third kappa shape index (κ3) is 6.83. The zero-order chi connectivity index (χ0) is 13.4. The number of carbonyl (C=O) groups excluding carboxylic acids is 1. The average Bonchev–Trinajstić information content (AvgIpc) is 2.24. The summed E-state index contributed by atoms with van der Waals surface area (Å²) in [7, 11) is 0. The van der Waals surface area contributed by atoms with Crippen LogP contribution in [0.15, 0.2) is 0 Å². The average molecular weight is 263 g/mol. The van der Waals surface area contributed by atoms with Crippen LogP contribution in [0.2, 0.25) is 0 Å². The molecule has 0 saturated heterocycles. The molecule has 0 saturated carbocycles. The molecule has 0 spiro atoms. The molecule has 0 radical (unpaired) electrons. The first kappa shape index (κ1) is 15.8. The zero-order valence-corrected chi connectivity index (χ0v) is 10.6. The maximum Gasteiger partial charge on any atom is 0.315 e. The van der Waals surface area contributed by atoms with Gasteiger partial charge in [0.05, 0.1) is 11.1 Å². The normalized spacial score (nSPS) is 13.8. The first-order chi connectivity index (χ1) is 7.88. The predicted octanol–water partition coefficient (Wildman–Crippen LogP) is 0.767. The van der Waals surface area contributed by atoms with Crippen molar-refractivity contribution in [2.75, 3.05) is 5.75 Å². The summed E-state index contributed by atoms with van der Waals surface area (Å²) >= 11 is 1.09. The highest BCUT2D eigenvalue weighted by Crippen LogP contribution is 2.14. The highest BCUT2D eigenvalue weighted by Gasteiger charge is 2.23. The fourth-order valence-electron chi connectivity index (χ4n) is 1.03. The standard InChI is InChI=1S/C10H17NO5S/c1-3-4-7(17-5-8(12)13)11-9(14)6(2)10(15)16/h6-7H,3-5H2,1-2H3,(H,11,14)(H,12,13)(H,15,16). The molecule has 3 N–H and O–H groups in total. The van der Waals surface area contributed by atoms with Crippen LogP contribution in [0.3, 0.4) is 0 Å². The minimum atomic E-state index is -1.19. The number of hydrogen-bond donors (Lipinski definition) is 3. The number of carbonyl (C=O) groups is 3. The molecule has 0 bridgehead atoms. The molecule has 0 aromatic rings. The van der Waals surface area contributed by atoms with Crippen molar-refractivity contribution in [2.24, 2.45) is 5.92 Å². The maximum atomic E-state index is 11.5. The smallest absolute Gasteiger partial charge is 0.315 e. The summed E-state index contributed by atoms with van der Waals surface area (Å²) in [6.45, 7) is 3.20. The van der Waals surface area contributed by atoms with E-state index < -0.39 is 23.8 Å². The van der Waals surface area contributed by atoms with E-state index in [0.717, 1.165) is 18.2 Å². The fraction of sp³-hybridized carbons (Fsp3) is 0.700. The predicted molar refractivity (Wildman–Crippen MR) is 63.7 cm³/mol. The Morgan fingerprint density at radius 2 is 1.88 bits per heavy atom. The lowest BCUT2D eigenvalue weighted by Gasteiger charge is -2.18. The molecule has 0 aliphatic heterocycles. The molecule has 0 heterocycles. The van der Waals surface area contributed by atoms with Gasteiger partial charge >= 0.3 is 11.9 Å². The van der Waals surface area contributed by atoms with Crippen molar-refractivity contribution in [3.63, 3.8) is 0 Å². The third-order valence-corrected chi connectivity index (χ3v) is 3.20. The Kier molecular flexibility index (Phi) is 7.36. The van der Waals surface area contributed by atoms with E-state index in [-0.39, 0.29) is 11.1 Å². The van der Waals surface area contributed by atoms with Gasteiger partial charge in [-0.1, -0.05) is 13.3 Å². The highest BCUT2D eigenvalue weighted by atomic mass is 32.2. The first-order valence-electron chi connectivity index (χ1n) is 5.25. The van der Waals surface area contributed by atoms with Crippen LogP contribution in [0, 0.1) is 5.92 Å². The Balaban J connectivity index is 4.27. The van der Waals surface area contributed by atoms with E-state index in [2.05, 4.69) is 5.32 Å². The second-order valence-corrected chi connectivity index (χ2v) is 4.74. The van der Waals surface area contributed by atoms with Crippen LogP contribution in [0.5, 0.6) is 0 Å². The minimum absolute atomic E-state index is 0.119. The molecule has 0 fully saturated rings. The molecule has 17 heavy (non-hydrogen) atoms. The van der Waals surface area contributed by atoms with Crippen LogP contribution in [-0.2, 0) is 14.4 Å². The van der Waals surface area contributed by atoms with Crippen LogP contribution >= 0.6 is 11.8 Å². The number of carboxylic acid groups (broad SMARTS) is 2. The van der Waals surface area contributed by atoms with Gasteiger partial charge in [0.25, 0.3) is 0 Å². The van der Waals surface area contributed by atoms with E-state index in [1.807, 2.05) is 6.92 Å². The van der Waals surface area contributed by atoms with Gasteiger partial charge in [0.15, 0.2) is 0 Å². The topological polar surface area (TPSA) is 104 Å². The molecular formula is C10H17NO5S. The summed E-state index contributed by atoms with van der Waals surface area (Å²) in [5.74, 6) is -3.99. The molecule has 0 aromatic heterocycles. The lowest BCUT2D eigenvalue weighted by atomic mass is 10.1. The van der Waals surface area contributed by atoms with E-state index in [4.69, 9.17) is 10.2 Å². The van der Waals surface area contributed by atoms with Gasteiger partial charge in [-0.3, -0.25) is 14.4 Å². The molecular weight excluding hydrogens is 246 g/mol. The zero-order valence-electron chi connectivity index (χ0n) is 9.80. The van der Waals surface area contributed by atoms with Crippen molar-refractivity contribution in [3.8, 4) is 0 Å². The van der Waals surface area contributed by atoms with Crippen molar-refractivity contribution in [1.29, 1.82) is 0 Å². The van der Waals surface area contributed by atoms with E-state index in [9.17, 15) is 14.4 Å². The first-order valence-corrected chi connectivity index (χ1v) is 6.30. The summed E-state index contributed by atoms with van der Waals surface area (Å²) in [5.41, 5.74) is 0. The molecule has 2 unspecified atom stereocenters. The summed E-state index contributed by atoms with van der Waals surface area (Å²) in [6.07, 6.45) is 1.38. The number of amides is 1. The van der Waals surface area contributed by atoms with Gasteiger partial charge in [-0.25, -0.2) is 0 Å². The van der Waals surface area contributed by atoms with E-state index >= 15 is 0 Å². The summed E-state index contributed by atoms with van der Waals surface area (Å²) in [5, 5.41) is 19.4. The number of hydrogen-bond acceptors (Lipinski definition) is 4. The van der Waals surface area contributed by atoms with E-state index in [0.29, 0.717) is 6.42 Å². The number of aliphatic carboxylic acids is 2. The molecule has 1 amide bonds. The van der Waals surface area contributed by atoms with E-state index in [1.54, 1.807) is 0 Å². The van der Waals surface area contributed by atoms with Crippen molar-refractivity contribution >= 4 is 29.6 Å². The number of rotatable bonds is 8. The molecule has 6 nitrogen and oxygen atoms in total. The molecule has 98 valence electrons. The summed E-state index contributed by atoms with van der Waals surface area (Å²) < 4.78 is 0. The lowest BCUT2D eigenvalue weighted by Crippen LogP contribution is -2.39. The summed E-state index contributed by atoms with van der Waals surface area (Å²) in [6, 6.07) is 0. The monoisotopic (exact) mass is 263 g/mol. The molecule has 0 aromatic carbocycles. The SMILES string of the molecule is CCCC(NC(=O)C(C)C(=O)O)SCC(=O)O. The van der Waals surface area contributed by atoms with Crippen molar-refractivity contribution in [3.05, 3.63) is 0 Å². The Morgan fingerprint density at radius 3 is 2.29 bits per heavy atom. The van der Waals surface area contributed by atoms with Gasteiger partial charge in [-0.05, 0) is 13.3 Å². The van der Waals surface area contributed by atoms with Crippen molar-refractivity contribution < 1.29 is 24.6 Å². The highest BCUT2D eigenvalue weighted by molar-refractivity contribution is 8.00. The molecule has 0 aliphatic carbocycles. The van der Waals surface area contributed by atoms with Gasteiger partial charge in [0.1, 0.15) is 5.92 Å². The van der Waals surface area contributed by atoms with Gasteiger partial charge in [-0.2, -0.15) is 0 Å². The maximum absolute atomic E-state index is 11.5. The van der Waals surface area contributed by atoms with Gasteiger partial charge in [-0.15, -0.1) is 11.8 Å². The van der Waals surface area contributed by atoms with Crippen LogP contribution in [-0.4, -0.2) is 39.2 Å². The Hall–Kier alpha value is -1.24. The summed E-state index contributed by atoms with van der Waals surface area (Å²) in [4.78, 5) is 32.5. The fourth-order valence-corrected chi connectivity index (χ4v) is 1.97. The third-order valence-electron chi connectivity index (χ3n) is 2.03. The number of thioether (sulfide) groups is 1. The minimum Gasteiger partial charge on any atom is -0.481 e. The van der Waals surface area contributed by atoms with Crippen LogP contribution < -0.4 is 5.32 Å². The van der Waals surface area contributed by atoms with Gasteiger partial charge < -0.3 is 15.5 Å². The number of carboxylic acids is 2. The second kappa shape index (κ2) is 7.94. The Labute approximate surface area is 104 Å². The Morgan fingerprint density at radius 1 is 1.29 bits per heavy atom. The van der Waals surface area contributed by atoms with Crippen molar-refractivity contribution in [1.82, 2.24) is 5.32 Å². The van der Waals surface area contributed by atoms with Crippen LogP contribution in [0.25, 0.3) is 0 Å². The Bertz CT molecular complexity index is 294. The van der Waals surface area contributed by atoms with E-state index in [1.165, 1.54) is 6.92 Å². The second-order valence-electron chi connectivity index (χ2n) is 3.55. The van der Waals surface area contributed by atoms with Crippen LogP contribution in [0.4, 0.5) is 0 Å². The molecule has 2 atom stereocenters. The van der Waals surface area contributed by atoms with Gasteiger partial charge in [0, 0.05) is 0 Å². The number of nitrogens with one attached hydrogen (secondary N) is 1. The lowest BCUT2D eigenvalue weighted by molar-refractivity contribution is -0.146. The quantitative estimate of drug-likeness (QED) is 0.441. The van der Waals surface area contributed by atoms with Gasteiger partial charge in [0.2, 0.25) is 5.91 Å². The largest absolute Gasteiger partial charge is 0.481 e. The molecule has 7 heteroatoms. The van der Waals surface area contributed by atoms with Crippen LogP contribution in [0.1, 0.15) is 26.7 Å². The van der Waals surface area contributed by atoms with Crippen molar-refractivity contribution in [2.45, 2.75) is 32.1 Å².